The number of amides is 3. The van der Waals surface area contributed by atoms with Gasteiger partial charge in [-0.25, -0.2) is 14.6 Å². The number of ether oxygens (including phenoxy) is 3. The molecular weight excluding hydrogens is 795 g/mol. The van der Waals surface area contributed by atoms with Crippen LogP contribution in [0.4, 0.5) is 4.79 Å². The average molecular weight is 864 g/mol. The van der Waals surface area contributed by atoms with E-state index in [9.17, 15) is 29.1 Å². The lowest BCUT2D eigenvalue weighted by Crippen LogP contribution is -2.61. The second kappa shape index (κ2) is 21.6. The summed E-state index contributed by atoms with van der Waals surface area (Å²) in [5.74, 6) is -2.20. The number of aromatic nitrogens is 1. The third-order valence-corrected chi connectivity index (χ3v) is 11.4. The van der Waals surface area contributed by atoms with Crippen molar-refractivity contribution in [2.24, 2.45) is 11.7 Å². The van der Waals surface area contributed by atoms with Crippen LogP contribution in [0.25, 0.3) is 22.2 Å². The van der Waals surface area contributed by atoms with Crippen molar-refractivity contribution < 1.29 is 48.4 Å². The Morgan fingerprint density at radius 1 is 0.871 bits per heavy atom. The Labute approximate surface area is 366 Å². The van der Waals surface area contributed by atoms with Gasteiger partial charge in [-0.05, 0) is 64.5 Å². The maximum atomic E-state index is 14.3. The summed E-state index contributed by atoms with van der Waals surface area (Å²) in [6.45, 7) is 8.80. The number of carboxylic acids is 2. The summed E-state index contributed by atoms with van der Waals surface area (Å²) >= 11 is 0. The van der Waals surface area contributed by atoms with Crippen molar-refractivity contribution in [1.29, 1.82) is 0 Å². The number of nitrogens with one attached hydrogen (secondary N) is 2. The number of fused-ring (bicyclic) bond motifs is 1. The summed E-state index contributed by atoms with van der Waals surface area (Å²) in [6, 6.07) is 14.9. The van der Waals surface area contributed by atoms with E-state index < -0.39 is 64.7 Å². The maximum Gasteiger partial charge on any atom is 0.408 e. The number of alkyl carbamates (subject to hydrolysis) is 1. The lowest BCUT2D eigenvalue weighted by molar-refractivity contribution is -0.151. The summed E-state index contributed by atoms with van der Waals surface area (Å²) in [4.78, 5) is 70.6. The number of carboxylic acid groups (broad SMARTS) is 2. The molecule has 0 spiro atoms. The highest BCUT2D eigenvalue weighted by Gasteiger charge is 2.48. The molecule has 2 heterocycles. The SMILES string of the molecule is C.C.COc1ccc2c(O[C@@H]3C[C@@H](C(=O)NC4(C(=O)O)CCCCC4)N(C(=O)[C@@H](NC(=O)OC(C)(C)C)C(C)C)C3)cc(-c3ccccc3)nc2c1.NC1(C(=O)O)CCCCC1. The summed E-state index contributed by atoms with van der Waals surface area (Å²) in [5.41, 5.74) is 4.68. The van der Waals surface area contributed by atoms with Crippen LogP contribution >= 0.6 is 0 Å². The van der Waals surface area contributed by atoms with Gasteiger partial charge in [0.2, 0.25) is 11.8 Å². The van der Waals surface area contributed by atoms with Gasteiger partial charge in [-0.3, -0.25) is 14.4 Å². The highest BCUT2D eigenvalue weighted by Crippen LogP contribution is 2.36. The van der Waals surface area contributed by atoms with Gasteiger partial charge in [-0.2, -0.15) is 0 Å². The first-order valence-corrected chi connectivity index (χ1v) is 20.9. The largest absolute Gasteiger partial charge is 0.497 e. The maximum absolute atomic E-state index is 14.3. The van der Waals surface area contributed by atoms with Crippen LogP contribution in [0, 0.1) is 5.92 Å². The van der Waals surface area contributed by atoms with Crippen molar-refractivity contribution in [3.63, 3.8) is 0 Å². The van der Waals surface area contributed by atoms with Crippen molar-refractivity contribution in [1.82, 2.24) is 20.5 Å². The third-order valence-electron chi connectivity index (χ3n) is 11.4. The van der Waals surface area contributed by atoms with Crippen molar-refractivity contribution in [3.8, 4) is 22.8 Å². The monoisotopic (exact) mass is 864 g/mol. The molecule has 0 unspecified atom stereocenters. The molecule has 3 aromatic rings. The van der Waals surface area contributed by atoms with Crippen LogP contribution in [-0.2, 0) is 23.9 Å². The molecule has 0 radical (unpaired) electrons. The predicted molar refractivity (Wildman–Crippen MR) is 239 cm³/mol. The van der Waals surface area contributed by atoms with Crippen LogP contribution in [0.5, 0.6) is 11.5 Å². The molecule has 3 fully saturated rings. The summed E-state index contributed by atoms with van der Waals surface area (Å²) in [5, 5.41) is 25.1. The number of likely N-dealkylation sites (tertiary alicyclic amines) is 1. The van der Waals surface area contributed by atoms with E-state index in [0.29, 0.717) is 61.2 Å². The molecule has 1 aliphatic heterocycles. The molecule has 1 aromatic heterocycles. The molecule has 1 saturated heterocycles. The molecule has 0 bridgehead atoms. The third kappa shape index (κ3) is 12.6. The molecule has 6 N–H and O–H groups in total. The minimum Gasteiger partial charge on any atom is -0.497 e. The molecular formula is C47H69N5O10. The fourth-order valence-corrected chi connectivity index (χ4v) is 8.10. The van der Waals surface area contributed by atoms with Crippen molar-refractivity contribution in [3.05, 3.63) is 54.6 Å². The molecule has 15 nitrogen and oxygen atoms in total. The number of carbonyl (C=O) groups excluding carboxylic acids is 3. The number of aliphatic carboxylic acids is 2. The van der Waals surface area contributed by atoms with Gasteiger partial charge in [0.15, 0.2) is 0 Å². The van der Waals surface area contributed by atoms with E-state index in [1.807, 2.05) is 54.6 Å². The fraction of sp³-hybridized carbons (Fsp3) is 0.574. The van der Waals surface area contributed by atoms with Crippen LogP contribution in [0.1, 0.15) is 120 Å². The Kier molecular flexibility index (Phi) is 17.7. The number of hydrogen-bond acceptors (Lipinski definition) is 10. The number of carbonyl (C=O) groups is 5. The van der Waals surface area contributed by atoms with Gasteiger partial charge in [-0.15, -0.1) is 0 Å². The number of nitrogens with zero attached hydrogens (tertiary/aromatic N) is 2. The van der Waals surface area contributed by atoms with Crippen LogP contribution in [0.2, 0.25) is 0 Å². The van der Waals surface area contributed by atoms with E-state index in [-0.39, 0.29) is 33.7 Å². The van der Waals surface area contributed by atoms with Gasteiger partial charge < -0.3 is 45.7 Å². The van der Waals surface area contributed by atoms with Gasteiger partial charge in [0.05, 0.1) is 24.9 Å². The zero-order valence-corrected chi connectivity index (χ0v) is 35.6. The van der Waals surface area contributed by atoms with Crippen LogP contribution in [0.3, 0.4) is 0 Å². The topological polar surface area (TPSA) is 220 Å². The van der Waals surface area contributed by atoms with Crippen LogP contribution < -0.4 is 25.8 Å². The van der Waals surface area contributed by atoms with Crippen molar-refractivity contribution >= 4 is 40.7 Å². The number of methoxy groups -OCH3 is 1. The molecule has 6 rings (SSSR count). The Morgan fingerprint density at radius 2 is 1.48 bits per heavy atom. The van der Waals surface area contributed by atoms with E-state index in [2.05, 4.69) is 10.6 Å². The number of hydrogen-bond donors (Lipinski definition) is 5. The lowest BCUT2D eigenvalue weighted by atomic mass is 9.81. The molecule has 3 aliphatic rings. The molecule has 2 saturated carbocycles. The van der Waals surface area contributed by atoms with E-state index in [4.69, 9.17) is 30.0 Å². The van der Waals surface area contributed by atoms with Gasteiger partial charge in [-0.1, -0.05) is 97.6 Å². The summed E-state index contributed by atoms with van der Waals surface area (Å²) in [7, 11) is 1.58. The highest BCUT2D eigenvalue weighted by molar-refractivity contribution is 5.95. The Morgan fingerprint density at radius 3 is 2.02 bits per heavy atom. The fourth-order valence-electron chi connectivity index (χ4n) is 8.10. The zero-order chi connectivity index (χ0) is 43.8. The molecule has 342 valence electrons. The van der Waals surface area contributed by atoms with Gasteiger partial charge in [0, 0.05) is 29.5 Å². The van der Waals surface area contributed by atoms with E-state index in [0.717, 1.165) is 36.6 Å². The van der Waals surface area contributed by atoms with Crippen LogP contribution in [0.15, 0.2) is 54.6 Å². The first-order valence-electron chi connectivity index (χ1n) is 20.9. The highest BCUT2D eigenvalue weighted by atomic mass is 16.6. The minimum absolute atomic E-state index is 0. The molecule has 2 aromatic carbocycles. The second-order valence-corrected chi connectivity index (χ2v) is 17.6. The van der Waals surface area contributed by atoms with Crippen LogP contribution in [-0.4, -0.2) is 98.5 Å². The average Bonchev–Trinajstić information content (AvgIpc) is 3.63. The second-order valence-electron chi connectivity index (χ2n) is 17.6. The number of benzene rings is 2. The first kappa shape index (κ1) is 50.9. The zero-order valence-electron chi connectivity index (χ0n) is 35.6. The Hall–Kier alpha value is -5.44. The smallest absolute Gasteiger partial charge is 0.408 e. The van der Waals surface area contributed by atoms with Gasteiger partial charge >= 0.3 is 18.0 Å². The van der Waals surface area contributed by atoms with Crippen molar-refractivity contribution in [2.45, 2.75) is 155 Å². The lowest BCUT2D eigenvalue weighted by Gasteiger charge is -2.36. The normalized spacial score (nSPS) is 19.6. The number of nitrogens with two attached hydrogens (primary N) is 1. The number of pyridine rings is 1. The molecule has 62 heavy (non-hydrogen) atoms. The van der Waals surface area contributed by atoms with Crippen molar-refractivity contribution in [2.75, 3.05) is 13.7 Å². The Balaban J connectivity index is 0.000000751. The first-order chi connectivity index (χ1) is 28.3. The Bertz CT molecular complexity index is 2010. The predicted octanol–water partition coefficient (Wildman–Crippen LogP) is 7.72. The molecule has 15 heteroatoms. The summed E-state index contributed by atoms with van der Waals surface area (Å²) in [6.07, 6.45) is 5.88. The van der Waals surface area contributed by atoms with Gasteiger partial charge in [0.1, 0.15) is 46.4 Å². The molecule has 3 amide bonds. The van der Waals surface area contributed by atoms with E-state index in [1.165, 1.54) is 4.90 Å². The standard InChI is InChI=1S/C38H48N4O8.C7H13NO2.2CH4/c1-23(2)32(40-36(47)50-37(3,4)5)34(44)42-22-26(20-30(42)33(43)41-38(35(45)46)17-11-8-12-18-38)49-31-21-28(24-13-9-7-10-14-24)39-29-19-25(48-6)15-16-27(29)31;8-7(6(9)10)4-2-1-3-5-7;;/h7,9-10,13-16,19,21,23,26,30,32H,8,11-12,17-18,20,22H2,1-6H3,(H,40,47)(H,41,43)(H,45,46);1-5,8H2,(H,9,10);2*1H4/t26-,30+,32+;;;/m1.../s1. The van der Waals surface area contributed by atoms with Gasteiger partial charge in [0.25, 0.3) is 0 Å². The van der Waals surface area contributed by atoms with E-state index >= 15 is 0 Å². The minimum atomic E-state index is -1.42. The molecule has 3 atom stereocenters. The molecule has 2 aliphatic carbocycles. The number of rotatable bonds is 11. The summed E-state index contributed by atoms with van der Waals surface area (Å²) < 4.78 is 17.6. The van der Waals surface area contributed by atoms with E-state index in [1.54, 1.807) is 41.7 Å². The quantitative estimate of drug-likeness (QED) is 0.125.